The maximum atomic E-state index is 11.5. The summed E-state index contributed by atoms with van der Waals surface area (Å²) in [5, 5.41) is 9.30. The number of phenols is 1. The molecule has 0 saturated heterocycles. The van der Waals surface area contributed by atoms with E-state index < -0.39 is 5.41 Å². The molecule has 0 bridgehead atoms. The number of phenolic OH excluding ortho intramolecular Hbond substituents is 1. The van der Waals surface area contributed by atoms with Crippen LogP contribution in [0, 0.1) is 12.3 Å². The molecule has 3 heteroatoms. The monoisotopic (exact) mass is 208 g/mol. The van der Waals surface area contributed by atoms with E-state index in [9.17, 15) is 9.90 Å². The molecule has 0 amide bonds. The van der Waals surface area contributed by atoms with E-state index in [1.54, 1.807) is 39.8 Å². The predicted molar refractivity (Wildman–Crippen MR) is 57.9 cm³/mol. The van der Waals surface area contributed by atoms with E-state index in [1.165, 1.54) is 6.07 Å². The van der Waals surface area contributed by atoms with Crippen LogP contribution in [0.2, 0.25) is 0 Å². The first-order valence-corrected chi connectivity index (χ1v) is 4.82. The van der Waals surface area contributed by atoms with Crippen molar-refractivity contribution in [2.24, 2.45) is 5.41 Å². The average Bonchev–Trinajstić information content (AvgIpc) is 2.10. The van der Waals surface area contributed by atoms with Crippen molar-refractivity contribution >= 4 is 5.97 Å². The van der Waals surface area contributed by atoms with Crippen molar-refractivity contribution in [1.82, 2.24) is 0 Å². The van der Waals surface area contributed by atoms with E-state index in [1.807, 2.05) is 0 Å². The molecule has 0 aliphatic carbocycles. The molecule has 0 fully saturated rings. The fourth-order valence-corrected chi connectivity index (χ4v) is 0.952. The van der Waals surface area contributed by atoms with Crippen LogP contribution in [0.3, 0.4) is 0 Å². The minimum Gasteiger partial charge on any atom is -0.508 e. The number of benzene rings is 1. The Morgan fingerprint density at radius 2 is 1.93 bits per heavy atom. The molecule has 15 heavy (non-hydrogen) atoms. The third-order valence-corrected chi connectivity index (χ3v) is 1.99. The van der Waals surface area contributed by atoms with E-state index >= 15 is 0 Å². The number of esters is 1. The molecule has 0 aliphatic heterocycles. The molecule has 1 aromatic carbocycles. The van der Waals surface area contributed by atoms with Crippen molar-refractivity contribution in [3.8, 4) is 11.5 Å². The summed E-state index contributed by atoms with van der Waals surface area (Å²) in [6.45, 7) is 7.14. The largest absolute Gasteiger partial charge is 0.508 e. The Labute approximate surface area is 89.7 Å². The van der Waals surface area contributed by atoms with Crippen molar-refractivity contribution in [2.75, 3.05) is 0 Å². The topological polar surface area (TPSA) is 46.5 Å². The summed E-state index contributed by atoms with van der Waals surface area (Å²) in [4.78, 5) is 11.5. The van der Waals surface area contributed by atoms with Gasteiger partial charge in [-0.05, 0) is 51.5 Å². The molecule has 0 saturated carbocycles. The lowest BCUT2D eigenvalue weighted by Crippen LogP contribution is -2.25. The summed E-state index contributed by atoms with van der Waals surface area (Å²) in [6.07, 6.45) is 0. The molecule has 82 valence electrons. The molecule has 0 spiro atoms. The summed E-state index contributed by atoms with van der Waals surface area (Å²) in [6, 6.07) is 4.73. The standard InChI is InChI=1S/C12H16O3/c1-8-7-9(5-6-10(8)13)15-11(14)12(2,3)4/h5-7,13H,1-4H3. The first kappa shape index (κ1) is 11.6. The predicted octanol–water partition coefficient (Wildman–Crippen LogP) is 2.65. The molecule has 3 nitrogen and oxygen atoms in total. The minimum atomic E-state index is -0.522. The zero-order valence-electron chi connectivity index (χ0n) is 9.50. The van der Waals surface area contributed by atoms with Gasteiger partial charge in [0.25, 0.3) is 0 Å². The highest BCUT2D eigenvalue weighted by Crippen LogP contribution is 2.24. The highest BCUT2D eigenvalue weighted by molar-refractivity contribution is 5.77. The highest BCUT2D eigenvalue weighted by atomic mass is 16.5. The Morgan fingerprint density at radius 1 is 1.33 bits per heavy atom. The van der Waals surface area contributed by atoms with Crippen LogP contribution in [0.15, 0.2) is 18.2 Å². The second-order valence-electron chi connectivity index (χ2n) is 4.59. The highest BCUT2D eigenvalue weighted by Gasteiger charge is 2.23. The van der Waals surface area contributed by atoms with Gasteiger partial charge in [0.05, 0.1) is 5.41 Å². The number of rotatable bonds is 1. The Kier molecular flexibility index (Phi) is 3.03. The quantitative estimate of drug-likeness (QED) is 0.570. The van der Waals surface area contributed by atoms with E-state index in [0.717, 1.165) is 0 Å². The van der Waals surface area contributed by atoms with Gasteiger partial charge < -0.3 is 9.84 Å². The lowest BCUT2D eigenvalue weighted by Gasteiger charge is -2.16. The average molecular weight is 208 g/mol. The zero-order valence-corrected chi connectivity index (χ0v) is 9.50. The molecular weight excluding hydrogens is 192 g/mol. The number of hydrogen-bond donors (Lipinski definition) is 1. The van der Waals surface area contributed by atoms with Gasteiger partial charge in [-0.2, -0.15) is 0 Å². The second-order valence-corrected chi connectivity index (χ2v) is 4.59. The van der Waals surface area contributed by atoms with Gasteiger partial charge in [-0.15, -0.1) is 0 Å². The Hall–Kier alpha value is -1.51. The summed E-state index contributed by atoms with van der Waals surface area (Å²) in [5.41, 5.74) is 0.167. The maximum Gasteiger partial charge on any atom is 0.316 e. The van der Waals surface area contributed by atoms with Crippen LogP contribution in [-0.2, 0) is 4.79 Å². The maximum absolute atomic E-state index is 11.5. The summed E-state index contributed by atoms with van der Waals surface area (Å²) >= 11 is 0. The molecule has 0 aromatic heterocycles. The third kappa shape index (κ3) is 2.98. The first-order chi connectivity index (χ1) is 6.80. The van der Waals surface area contributed by atoms with Gasteiger partial charge in [-0.3, -0.25) is 4.79 Å². The number of aryl methyl sites for hydroxylation is 1. The molecule has 1 aromatic rings. The van der Waals surface area contributed by atoms with Crippen molar-refractivity contribution in [1.29, 1.82) is 0 Å². The summed E-state index contributed by atoms with van der Waals surface area (Å²) in [7, 11) is 0. The van der Waals surface area contributed by atoms with Crippen LogP contribution in [0.5, 0.6) is 11.5 Å². The summed E-state index contributed by atoms with van der Waals surface area (Å²) in [5.74, 6) is 0.378. The van der Waals surface area contributed by atoms with Crippen LogP contribution in [0.25, 0.3) is 0 Å². The van der Waals surface area contributed by atoms with Crippen LogP contribution in [0.4, 0.5) is 0 Å². The number of carbonyl (C=O) groups is 1. The van der Waals surface area contributed by atoms with Gasteiger partial charge in [-0.25, -0.2) is 0 Å². The normalized spacial score (nSPS) is 11.2. The fourth-order valence-electron chi connectivity index (χ4n) is 0.952. The van der Waals surface area contributed by atoms with Crippen molar-refractivity contribution < 1.29 is 14.6 Å². The van der Waals surface area contributed by atoms with Gasteiger partial charge in [-0.1, -0.05) is 0 Å². The number of hydrogen-bond acceptors (Lipinski definition) is 3. The Morgan fingerprint density at radius 3 is 2.40 bits per heavy atom. The molecule has 0 atom stereocenters. The van der Waals surface area contributed by atoms with Gasteiger partial charge in [0.15, 0.2) is 0 Å². The lowest BCUT2D eigenvalue weighted by atomic mass is 9.97. The zero-order chi connectivity index (χ0) is 11.6. The molecular formula is C12H16O3. The van der Waals surface area contributed by atoms with Crippen molar-refractivity contribution in [3.05, 3.63) is 23.8 Å². The lowest BCUT2D eigenvalue weighted by molar-refractivity contribution is -0.143. The summed E-state index contributed by atoms with van der Waals surface area (Å²) < 4.78 is 5.16. The van der Waals surface area contributed by atoms with Gasteiger partial charge >= 0.3 is 5.97 Å². The Bertz CT molecular complexity index is 375. The molecule has 0 radical (unpaired) electrons. The minimum absolute atomic E-state index is 0.200. The van der Waals surface area contributed by atoms with Crippen molar-refractivity contribution in [2.45, 2.75) is 27.7 Å². The first-order valence-electron chi connectivity index (χ1n) is 4.82. The van der Waals surface area contributed by atoms with Crippen LogP contribution in [0.1, 0.15) is 26.3 Å². The fraction of sp³-hybridized carbons (Fsp3) is 0.417. The molecule has 0 aliphatic rings. The molecule has 0 heterocycles. The SMILES string of the molecule is Cc1cc(OC(=O)C(C)(C)C)ccc1O. The smallest absolute Gasteiger partial charge is 0.316 e. The number of carbonyl (C=O) groups excluding carboxylic acids is 1. The number of ether oxygens (including phenoxy) is 1. The van der Waals surface area contributed by atoms with Crippen LogP contribution >= 0.6 is 0 Å². The Balaban J connectivity index is 2.83. The van der Waals surface area contributed by atoms with Crippen LogP contribution < -0.4 is 4.74 Å². The van der Waals surface area contributed by atoms with E-state index in [4.69, 9.17) is 4.74 Å². The molecule has 1 N–H and O–H groups in total. The van der Waals surface area contributed by atoms with Crippen LogP contribution in [-0.4, -0.2) is 11.1 Å². The van der Waals surface area contributed by atoms with Gasteiger partial charge in [0, 0.05) is 0 Å². The van der Waals surface area contributed by atoms with Crippen molar-refractivity contribution in [3.63, 3.8) is 0 Å². The van der Waals surface area contributed by atoms with E-state index in [-0.39, 0.29) is 11.7 Å². The second kappa shape index (κ2) is 3.93. The number of aromatic hydroxyl groups is 1. The van der Waals surface area contributed by atoms with Gasteiger partial charge in [0.2, 0.25) is 0 Å². The van der Waals surface area contributed by atoms with Gasteiger partial charge in [0.1, 0.15) is 11.5 Å². The molecule has 1 rings (SSSR count). The van der Waals surface area contributed by atoms with E-state index in [0.29, 0.717) is 11.3 Å². The van der Waals surface area contributed by atoms with E-state index in [2.05, 4.69) is 0 Å². The molecule has 0 unspecified atom stereocenters. The third-order valence-electron chi connectivity index (χ3n) is 1.99.